The first-order chi connectivity index (χ1) is 7.79. The van der Waals surface area contributed by atoms with E-state index in [0.29, 0.717) is 18.9 Å². The molecule has 0 heterocycles. The first-order valence-corrected chi connectivity index (χ1v) is 6.04. The molecule has 0 bridgehead atoms. The highest BCUT2D eigenvalue weighted by atomic mass is 16.4. The Morgan fingerprint density at radius 2 is 1.82 bits per heavy atom. The molecule has 5 heteroatoms. The average molecular weight is 244 g/mol. The molecule has 0 aliphatic heterocycles. The lowest BCUT2D eigenvalue weighted by Crippen LogP contribution is -2.50. The molecule has 0 fully saturated rings. The van der Waals surface area contributed by atoms with Gasteiger partial charge >= 0.3 is 12.0 Å². The normalized spacial score (nSPS) is 14.2. The van der Waals surface area contributed by atoms with E-state index in [1.165, 1.54) is 4.90 Å². The van der Waals surface area contributed by atoms with Crippen LogP contribution in [0.25, 0.3) is 0 Å². The fraction of sp³-hybridized carbons (Fsp3) is 0.833. The molecule has 5 nitrogen and oxygen atoms in total. The second-order valence-corrected chi connectivity index (χ2v) is 4.93. The first kappa shape index (κ1) is 15.7. The number of carboxylic acids is 1. The number of carboxylic acid groups (broad SMARTS) is 1. The molecule has 0 aromatic carbocycles. The monoisotopic (exact) mass is 244 g/mol. The molecular weight excluding hydrogens is 220 g/mol. The van der Waals surface area contributed by atoms with Gasteiger partial charge in [-0.3, -0.25) is 0 Å². The number of nitrogens with zero attached hydrogens (tertiary/aromatic N) is 1. The summed E-state index contributed by atoms with van der Waals surface area (Å²) < 4.78 is 0. The summed E-state index contributed by atoms with van der Waals surface area (Å²) in [4.78, 5) is 24.3. The van der Waals surface area contributed by atoms with Crippen molar-refractivity contribution in [2.45, 2.75) is 40.2 Å². The zero-order chi connectivity index (χ0) is 13.6. The topological polar surface area (TPSA) is 69.6 Å². The van der Waals surface area contributed by atoms with E-state index >= 15 is 0 Å². The minimum atomic E-state index is -0.981. The van der Waals surface area contributed by atoms with Gasteiger partial charge in [-0.1, -0.05) is 34.1 Å². The van der Waals surface area contributed by atoms with Crippen LogP contribution in [0.15, 0.2) is 0 Å². The summed E-state index contributed by atoms with van der Waals surface area (Å²) in [6.45, 7) is 8.35. The van der Waals surface area contributed by atoms with E-state index < -0.39 is 12.0 Å². The number of nitrogens with one attached hydrogen (secondary N) is 1. The highest BCUT2D eigenvalue weighted by Gasteiger charge is 2.26. The lowest BCUT2D eigenvalue weighted by atomic mass is 9.99. The van der Waals surface area contributed by atoms with Gasteiger partial charge in [0.05, 0.1) is 0 Å². The number of carbonyl (C=O) groups excluding carboxylic acids is 1. The van der Waals surface area contributed by atoms with Crippen molar-refractivity contribution >= 4 is 12.0 Å². The molecule has 2 N–H and O–H groups in total. The summed E-state index contributed by atoms with van der Waals surface area (Å²) in [5, 5.41) is 11.6. The number of rotatable bonds is 6. The molecule has 0 rings (SSSR count). The predicted octanol–water partition coefficient (Wildman–Crippen LogP) is 1.78. The minimum Gasteiger partial charge on any atom is -0.480 e. The molecule has 0 aliphatic carbocycles. The van der Waals surface area contributed by atoms with Crippen LogP contribution >= 0.6 is 0 Å². The third-order valence-electron chi connectivity index (χ3n) is 2.74. The van der Waals surface area contributed by atoms with Gasteiger partial charge < -0.3 is 15.3 Å². The number of amides is 2. The van der Waals surface area contributed by atoms with Gasteiger partial charge in [-0.15, -0.1) is 0 Å². The number of carbonyl (C=O) groups is 2. The van der Waals surface area contributed by atoms with Gasteiger partial charge in [0.2, 0.25) is 0 Å². The van der Waals surface area contributed by atoms with Crippen molar-refractivity contribution in [1.82, 2.24) is 10.2 Å². The Morgan fingerprint density at radius 1 is 1.29 bits per heavy atom. The van der Waals surface area contributed by atoms with Crippen LogP contribution in [0.3, 0.4) is 0 Å². The van der Waals surface area contributed by atoms with E-state index in [-0.39, 0.29) is 11.9 Å². The SMILES string of the molecule is CC[C@H](C)[C@H](NC(=O)N(C)CC(C)C)C(=O)O. The van der Waals surface area contributed by atoms with Gasteiger partial charge in [-0.2, -0.15) is 0 Å². The van der Waals surface area contributed by atoms with Gasteiger partial charge in [0.15, 0.2) is 0 Å². The lowest BCUT2D eigenvalue weighted by molar-refractivity contribution is -0.140. The molecule has 0 aromatic rings. The number of aliphatic carboxylic acids is 1. The van der Waals surface area contributed by atoms with E-state index in [9.17, 15) is 9.59 Å². The Labute approximate surface area is 103 Å². The van der Waals surface area contributed by atoms with Gasteiger partial charge in [-0.05, 0) is 11.8 Å². The smallest absolute Gasteiger partial charge is 0.326 e. The fourth-order valence-electron chi connectivity index (χ4n) is 1.56. The van der Waals surface area contributed by atoms with E-state index in [2.05, 4.69) is 5.32 Å². The summed E-state index contributed by atoms with van der Waals surface area (Å²) in [7, 11) is 1.67. The van der Waals surface area contributed by atoms with Crippen molar-refractivity contribution in [3.05, 3.63) is 0 Å². The number of hydrogen-bond donors (Lipinski definition) is 2. The summed E-state index contributed by atoms with van der Waals surface area (Å²) in [5.74, 6) is -0.702. The van der Waals surface area contributed by atoms with E-state index in [1.807, 2.05) is 27.7 Å². The fourth-order valence-corrected chi connectivity index (χ4v) is 1.56. The van der Waals surface area contributed by atoms with Crippen molar-refractivity contribution < 1.29 is 14.7 Å². The molecule has 100 valence electrons. The number of hydrogen-bond acceptors (Lipinski definition) is 2. The molecule has 2 atom stereocenters. The zero-order valence-electron chi connectivity index (χ0n) is 11.4. The highest BCUT2D eigenvalue weighted by Crippen LogP contribution is 2.08. The quantitative estimate of drug-likeness (QED) is 0.748. The van der Waals surface area contributed by atoms with Crippen LogP contribution < -0.4 is 5.32 Å². The van der Waals surface area contributed by atoms with Crippen LogP contribution in [0.1, 0.15) is 34.1 Å². The van der Waals surface area contributed by atoms with Crippen molar-refractivity contribution in [1.29, 1.82) is 0 Å². The molecule has 0 saturated carbocycles. The maximum atomic E-state index is 11.8. The summed E-state index contributed by atoms with van der Waals surface area (Å²) >= 11 is 0. The molecule has 0 saturated heterocycles. The average Bonchev–Trinajstić information content (AvgIpc) is 2.22. The van der Waals surface area contributed by atoms with Crippen LogP contribution in [0.2, 0.25) is 0 Å². The van der Waals surface area contributed by atoms with Crippen molar-refractivity contribution in [3.63, 3.8) is 0 Å². The Hall–Kier alpha value is -1.26. The van der Waals surface area contributed by atoms with Crippen molar-refractivity contribution in [2.24, 2.45) is 11.8 Å². The minimum absolute atomic E-state index is 0.0797. The van der Waals surface area contributed by atoms with Crippen molar-refractivity contribution in [2.75, 3.05) is 13.6 Å². The molecule has 0 aromatic heterocycles. The predicted molar refractivity (Wildman–Crippen MR) is 66.9 cm³/mol. The molecule has 0 aliphatic rings. The third-order valence-corrected chi connectivity index (χ3v) is 2.74. The Balaban J connectivity index is 4.45. The largest absolute Gasteiger partial charge is 0.480 e. The summed E-state index contributed by atoms with van der Waals surface area (Å²) in [5.41, 5.74) is 0. The van der Waals surface area contributed by atoms with Gasteiger partial charge in [0.1, 0.15) is 6.04 Å². The molecule has 0 unspecified atom stereocenters. The lowest BCUT2D eigenvalue weighted by Gasteiger charge is -2.25. The second kappa shape index (κ2) is 7.14. The van der Waals surface area contributed by atoms with Crippen LogP contribution in [-0.2, 0) is 4.79 Å². The van der Waals surface area contributed by atoms with Crippen molar-refractivity contribution in [3.8, 4) is 0 Å². The second-order valence-electron chi connectivity index (χ2n) is 4.93. The maximum Gasteiger partial charge on any atom is 0.326 e. The van der Waals surface area contributed by atoms with Crippen LogP contribution in [0.4, 0.5) is 4.79 Å². The van der Waals surface area contributed by atoms with Crippen LogP contribution in [0.5, 0.6) is 0 Å². The van der Waals surface area contributed by atoms with Gasteiger partial charge in [-0.25, -0.2) is 9.59 Å². The number of urea groups is 1. The molecular formula is C12H24N2O3. The van der Waals surface area contributed by atoms with Crippen LogP contribution in [-0.4, -0.2) is 41.6 Å². The highest BCUT2D eigenvalue weighted by molar-refractivity contribution is 5.82. The van der Waals surface area contributed by atoms with Gasteiger partial charge in [0.25, 0.3) is 0 Å². The van der Waals surface area contributed by atoms with E-state index in [4.69, 9.17) is 5.11 Å². The molecule has 17 heavy (non-hydrogen) atoms. The Kier molecular flexibility index (Phi) is 6.61. The molecule has 0 radical (unpaired) electrons. The zero-order valence-corrected chi connectivity index (χ0v) is 11.4. The third kappa shape index (κ3) is 5.56. The molecule has 2 amide bonds. The van der Waals surface area contributed by atoms with E-state index in [1.54, 1.807) is 7.05 Å². The summed E-state index contributed by atoms with van der Waals surface area (Å²) in [6, 6.07) is -1.14. The summed E-state index contributed by atoms with van der Waals surface area (Å²) in [6.07, 6.45) is 0.713. The molecule has 0 spiro atoms. The Morgan fingerprint density at radius 3 is 2.18 bits per heavy atom. The Bertz CT molecular complexity index is 266. The maximum absolute atomic E-state index is 11.8. The standard InChI is InChI=1S/C12H24N2O3/c1-6-9(4)10(11(15)16)13-12(17)14(5)7-8(2)3/h8-10H,6-7H2,1-5H3,(H,13,17)(H,15,16)/t9-,10-/m0/s1. The van der Waals surface area contributed by atoms with Gasteiger partial charge in [0, 0.05) is 13.6 Å². The first-order valence-electron chi connectivity index (χ1n) is 6.04. The van der Waals surface area contributed by atoms with Crippen LogP contribution in [0, 0.1) is 11.8 Å². The van der Waals surface area contributed by atoms with E-state index in [0.717, 1.165) is 0 Å².